The van der Waals surface area contributed by atoms with Gasteiger partial charge in [0, 0.05) is 12.3 Å². The second kappa shape index (κ2) is 9.90. The third-order valence-electron chi connectivity index (χ3n) is 6.84. The number of hydrogen-bond donors (Lipinski definition) is 1. The summed E-state index contributed by atoms with van der Waals surface area (Å²) in [6, 6.07) is 8.94. The van der Waals surface area contributed by atoms with Crippen LogP contribution in [0.3, 0.4) is 0 Å². The number of rotatable bonds is 5. The zero-order chi connectivity index (χ0) is 22.7. The van der Waals surface area contributed by atoms with E-state index < -0.39 is 12.3 Å². The third kappa shape index (κ3) is 5.41. The molecule has 0 saturated carbocycles. The molecule has 1 heterocycles. The molecule has 6 heteroatoms. The summed E-state index contributed by atoms with van der Waals surface area (Å²) in [6.07, 6.45) is 7.60. The Balaban J connectivity index is 1.46. The minimum Gasteiger partial charge on any atom is -0.462 e. The first-order valence-electron chi connectivity index (χ1n) is 11.6. The molecule has 2 aliphatic carbocycles. The lowest BCUT2D eigenvalue weighted by atomic mass is 9.65. The van der Waals surface area contributed by atoms with E-state index in [1.807, 2.05) is 18.2 Å². The number of hydrogen-bond acceptors (Lipinski definition) is 6. The summed E-state index contributed by atoms with van der Waals surface area (Å²) < 4.78 is 16.7. The molecular weight excluding hydrogens is 408 g/mol. The quantitative estimate of drug-likeness (QED) is 0.522. The van der Waals surface area contributed by atoms with Crippen LogP contribution < -0.4 is 4.74 Å². The van der Waals surface area contributed by atoms with Crippen molar-refractivity contribution in [2.24, 2.45) is 23.7 Å². The average molecular weight is 441 g/mol. The van der Waals surface area contributed by atoms with Crippen molar-refractivity contribution in [2.45, 2.75) is 64.3 Å². The summed E-state index contributed by atoms with van der Waals surface area (Å²) in [4.78, 5) is 24.3. The van der Waals surface area contributed by atoms with E-state index in [0.29, 0.717) is 30.4 Å². The first-order chi connectivity index (χ1) is 15.4. The Morgan fingerprint density at radius 3 is 2.69 bits per heavy atom. The van der Waals surface area contributed by atoms with Gasteiger partial charge in [-0.15, -0.1) is 0 Å². The summed E-state index contributed by atoms with van der Waals surface area (Å²) >= 11 is 0. The molecule has 0 aromatic heterocycles. The lowest BCUT2D eigenvalue weighted by Gasteiger charge is -2.43. The van der Waals surface area contributed by atoms with E-state index in [9.17, 15) is 14.7 Å². The average Bonchev–Trinajstić information content (AvgIpc) is 2.73. The van der Waals surface area contributed by atoms with E-state index in [0.717, 1.165) is 12.8 Å². The van der Waals surface area contributed by atoms with Crippen molar-refractivity contribution < 1.29 is 28.9 Å². The maximum Gasteiger partial charge on any atom is 0.514 e. The molecule has 0 spiro atoms. The van der Waals surface area contributed by atoms with Crippen molar-refractivity contribution >= 4 is 12.1 Å². The topological polar surface area (TPSA) is 82.1 Å². The van der Waals surface area contributed by atoms with Crippen LogP contribution in [0, 0.1) is 23.7 Å². The van der Waals surface area contributed by atoms with Gasteiger partial charge in [-0.2, -0.15) is 0 Å². The van der Waals surface area contributed by atoms with E-state index in [-0.39, 0.29) is 36.4 Å². The molecule has 0 amide bonds. The number of carbonyl (C=O) groups is 2. The predicted octanol–water partition coefficient (Wildman–Crippen LogP) is 4.82. The minimum atomic E-state index is -0.681. The van der Waals surface area contributed by atoms with Gasteiger partial charge in [0.1, 0.15) is 18.0 Å². The smallest absolute Gasteiger partial charge is 0.462 e. The van der Waals surface area contributed by atoms with Gasteiger partial charge in [0.25, 0.3) is 0 Å². The zero-order valence-corrected chi connectivity index (χ0v) is 18.7. The molecule has 1 fully saturated rings. The Morgan fingerprint density at radius 1 is 1.16 bits per heavy atom. The highest BCUT2D eigenvalue weighted by Gasteiger charge is 2.42. The Morgan fingerprint density at radius 2 is 1.94 bits per heavy atom. The molecule has 4 rings (SSSR count). The SMILES string of the molecule is C[C@H]1C=C2C=C[C@H](C)[C@H](CC[C@@H]3C[C@@H](O)CC(=O)O3)C2[C@@H](OC(=O)Oc2ccccc2)C1. The first kappa shape index (κ1) is 22.6. The summed E-state index contributed by atoms with van der Waals surface area (Å²) in [5, 5.41) is 9.93. The minimum absolute atomic E-state index is 0.0683. The van der Waals surface area contributed by atoms with E-state index >= 15 is 0 Å². The van der Waals surface area contributed by atoms with Crippen LogP contribution in [0.4, 0.5) is 4.79 Å². The highest BCUT2D eigenvalue weighted by atomic mass is 16.7. The molecule has 1 unspecified atom stereocenters. The maximum absolute atomic E-state index is 12.6. The van der Waals surface area contributed by atoms with Gasteiger partial charge >= 0.3 is 12.1 Å². The largest absolute Gasteiger partial charge is 0.514 e. The fraction of sp³-hybridized carbons (Fsp3) is 0.538. The van der Waals surface area contributed by atoms with Crippen LogP contribution in [0.2, 0.25) is 0 Å². The van der Waals surface area contributed by atoms with Gasteiger partial charge < -0.3 is 19.3 Å². The number of aliphatic hydroxyl groups excluding tert-OH is 1. The molecule has 1 aromatic carbocycles. The summed E-state index contributed by atoms with van der Waals surface area (Å²) in [7, 11) is 0. The molecule has 7 atom stereocenters. The van der Waals surface area contributed by atoms with Crippen molar-refractivity contribution in [3.8, 4) is 5.75 Å². The number of para-hydroxylation sites is 1. The summed E-state index contributed by atoms with van der Waals surface area (Å²) in [6.45, 7) is 4.31. The maximum atomic E-state index is 12.6. The van der Waals surface area contributed by atoms with Crippen LogP contribution >= 0.6 is 0 Å². The monoisotopic (exact) mass is 440 g/mol. The fourth-order valence-electron chi connectivity index (χ4n) is 5.37. The molecule has 0 bridgehead atoms. The van der Waals surface area contributed by atoms with Crippen LogP contribution in [0.25, 0.3) is 0 Å². The number of benzene rings is 1. The molecule has 1 aliphatic heterocycles. The molecular formula is C26H32O6. The Hall–Kier alpha value is -2.60. The van der Waals surface area contributed by atoms with Crippen molar-refractivity contribution in [3.05, 3.63) is 54.1 Å². The third-order valence-corrected chi connectivity index (χ3v) is 6.84. The molecule has 1 saturated heterocycles. The van der Waals surface area contributed by atoms with Gasteiger partial charge in [0.05, 0.1) is 12.5 Å². The Labute approximate surface area is 189 Å². The van der Waals surface area contributed by atoms with Crippen LogP contribution in [0.15, 0.2) is 54.1 Å². The van der Waals surface area contributed by atoms with E-state index in [4.69, 9.17) is 14.2 Å². The Kier molecular flexibility index (Phi) is 6.99. The highest BCUT2D eigenvalue weighted by Crippen LogP contribution is 2.45. The van der Waals surface area contributed by atoms with Crippen molar-refractivity contribution in [2.75, 3.05) is 0 Å². The molecule has 1 N–H and O–H groups in total. The molecule has 32 heavy (non-hydrogen) atoms. The van der Waals surface area contributed by atoms with Crippen LogP contribution in [-0.2, 0) is 14.3 Å². The second-order valence-electron chi connectivity index (χ2n) is 9.39. The van der Waals surface area contributed by atoms with E-state index in [1.165, 1.54) is 5.57 Å². The molecule has 172 valence electrons. The lowest BCUT2D eigenvalue weighted by molar-refractivity contribution is -0.160. The summed E-state index contributed by atoms with van der Waals surface area (Å²) in [5.74, 6) is 1.03. The number of allylic oxidation sites excluding steroid dienone is 3. The number of ether oxygens (including phenoxy) is 3. The molecule has 1 aromatic rings. The number of fused-ring (bicyclic) bond motifs is 1. The van der Waals surface area contributed by atoms with Gasteiger partial charge in [-0.05, 0) is 54.7 Å². The molecule has 0 radical (unpaired) electrons. The van der Waals surface area contributed by atoms with Crippen molar-refractivity contribution in [3.63, 3.8) is 0 Å². The van der Waals surface area contributed by atoms with Gasteiger partial charge in [-0.3, -0.25) is 4.79 Å². The second-order valence-corrected chi connectivity index (χ2v) is 9.39. The van der Waals surface area contributed by atoms with E-state index in [1.54, 1.807) is 12.1 Å². The van der Waals surface area contributed by atoms with Crippen molar-refractivity contribution in [1.29, 1.82) is 0 Å². The van der Waals surface area contributed by atoms with E-state index in [2.05, 4.69) is 32.1 Å². The number of esters is 1. The van der Waals surface area contributed by atoms with Crippen LogP contribution in [0.1, 0.15) is 46.0 Å². The number of aliphatic hydroxyl groups is 1. The summed E-state index contributed by atoms with van der Waals surface area (Å²) in [5.41, 5.74) is 1.20. The van der Waals surface area contributed by atoms with Gasteiger partial charge in [0.2, 0.25) is 0 Å². The zero-order valence-electron chi connectivity index (χ0n) is 18.7. The number of cyclic esters (lactones) is 1. The standard InChI is InChI=1S/C26H32O6/c1-16-12-18-9-8-17(2)22(11-10-21-14-19(27)15-24(28)30-21)25(18)23(13-16)32-26(29)31-20-6-4-3-5-7-20/h3-9,12,16-17,19,21-23,25,27H,10-11,13-15H2,1-2H3/t16-,17-,19+,21+,22-,23-,25?/m0/s1. The fourth-order valence-corrected chi connectivity index (χ4v) is 5.37. The Bertz CT molecular complexity index is 876. The predicted molar refractivity (Wildman–Crippen MR) is 119 cm³/mol. The lowest BCUT2D eigenvalue weighted by Crippen LogP contribution is -2.42. The highest BCUT2D eigenvalue weighted by molar-refractivity contribution is 5.71. The normalized spacial score (nSPS) is 34.2. The van der Waals surface area contributed by atoms with Gasteiger partial charge in [0.15, 0.2) is 0 Å². The van der Waals surface area contributed by atoms with Crippen LogP contribution in [-0.4, -0.2) is 35.5 Å². The first-order valence-corrected chi connectivity index (χ1v) is 11.6. The van der Waals surface area contributed by atoms with Gasteiger partial charge in [-0.1, -0.05) is 50.3 Å². The number of carbonyl (C=O) groups excluding carboxylic acids is 2. The van der Waals surface area contributed by atoms with Crippen LogP contribution in [0.5, 0.6) is 5.75 Å². The van der Waals surface area contributed by atoms with Gasteiger partial charge in [-0.25, -0.2) is 4.79 Å². The molecule has 3 aliphatic rings. The molecule has 6 nitrogen and oxygen atoms in total. The van der Waals surface area contributed by atoms with Crippen molar-refractivity contribution in [1.82, 2.24) is 0 Å².